The maximum Gasteiger partial charge on any atom is 0.137 e. The Morgan fingerprint density at radius 1 is 1.26 bits per heavy atom. The van der Waals surface area contributed by atoms with Crippen LogP contribution in [-0.2, 0) is 11.2 Å². The van der Waals surface area contributed by atoms with E-state index in [9.17, 15) is 0 Å². The molecule has 1 fully saturated rings. The Morgan fingerprint density at radius 3 is 2.53 bits per heavy atom. The van der Waals surface area contributed by atoms with Crippen LogP contribution in [0.15, 0.2) is 6.33 Å². The molecule has 5 nitrogen and oxygen atoms in total. The summed E-state index contributed by atoms with van der Waals surface area (Å²) in [6.07, 6.45) is 3.06. The van der Waals surface area contributed by atoms with Gasteiger partial charge in [0.05, 0.1) is 12.2 Å². The van der Waals surface area contributed by atoms with E-state index < -0.39 is 0 Å². The molecular formula is C14H24N4O. The van der Waals surface area contributed by atoms with Gasteiger partial charge in [-0.15, -0.1) is 0 Å². The van der Waals surface area contributed by atoms with Crippen LogP contribution in [-0.4, -0.2) is 41.8 Å². The van der Waals surface area contributed by atoms with E-state index in [1.165, 1.54) is 5.56 Å². The van der Waals surface area contributed by atoms with Gasteiger partial charge in [-0.2, -0.15) is 0 Å². The SMILES string of the molecule is CCNc1ncnc(N2CC(C)OC(C)C2)c1CC. The number of nitrogens with one attached hydrogen (secondary N) is 1. The monoisotopic (exact) mass is 264 g/mol. The summed E-state index contributed by atoms with van der Waals surface area (Å²) in [5.41, 5.74) is 1.20. The van der Waals surface area contributed by atoms with Crippen molar-refractivity contribution in [2.75, 3.05) is 29.9 Å². The standard InChI is InChI=1S/C14H24N4O/c1-5-12-13(15-6-2)16-9-17-14(12)18-7-10(3)19-11(4)8-18/h9-11H,5-8H2,1-4H3,(H,15,16,17). The van der Waals surface area contributed by atoms with Gasteiger partial charge in [0.25, 0.3) is 0 Å². The highest BCUT2D eigenvalue weighted by Crippen LogP contribution is 2.26. The van der Waals surface area contributed by atoms with E-state index in [1.54, 1.807) is 6.33 Å². The summed E-state index contributed by atoms with van der Waals surface area (Å²) < 4.78 is 5.79. The van der Waals surface area contributed by atoms with E-state index in [4.69, 9.17) is 4.74 Å². The van der Waals surface area contributed by atoms with E-state index in [0.717, 1.165) is 37.7 Å². The molecule has 5 heteroatoms. The van der Waals surface area contributed by atoms with E-state index in [-0.39, 0.29) is 12.2 Å². The number of rotatable bonds is 4. The Kier molecular flexibility index (Phi) is 4.58. The molecule has 1 aliphatic heterocycles. The molecule has 0 spiro atoms. The topological polar surface area (TPSA) is 50.3 Å². The molecule has 106 valence electrons. The third-order valence-electron chi connectivity index (χ3n) is 3.34. The molecule has 2 heterocycles. The second-order valence-corrected chi connectivity index (χ2v) is 5.07. The summed E-state index contributed by atoms with van der Waals surface area (Å²) in [4.78, 5) is 11.2. The largest absolute Gasteiger partial charge is 0.372 e. The van der Waals surface area contributed by atoms with Gasteiger partial charge in [-0.25, -0.2) is 9.97 Å². The molecule has 2 unspecified atom stereocenters. The summed E-state index contributed by atoms with van der Waals surface area (Å²) in [6, 6.07) is 0. The Morgan fingerprint density at radius 2 is 1.95 bits per heavy atom. The van der Waals surface area contributed by atoms with Gasteiger partial charge in [0.15, 0.2) is 0 Å². The highest BCUT2D eigenvalue weighted by Gasteiger charge is 2.25. The third-order valence-corrected chi connectivity index (χ3v) is 3.34. The smallest absolute Gasteiger partial charge is 0.137 e. The van der Waals surface area contributed by atoms with Crippen LogP contribution in [0.25, 0.3) is 0 Å². The second kappa shape index (κ2) is 6.19. The summed E-state index contributed by atoms with van der Waals surface area (Å²) in [5, 5.41) is 3.32. The van der Waals surface area contributed by atoms with Gasteiger partial charge in [0.1, 0.15) is 18.0 Å². The van der Waals surface area contributed by atoms with Crippen molar-refractivity contribution in [3.05, 3.63) is 11.9 Å². The first-order chi connectivity index (χ1) is 9.15. The first-order valence-corrected chi connectivity index (χ1v) is 7.13. The zero-order valence-electron chi connectivity index (χ0n) is 12.3. The minimum atomic E-state index is 0.242. The van der Waals surface area contributed by atoms with Crippen molar-refractivity contribution in [2.45, 2.75) is 46.3 Å². The van der Waals surface area contributed by atoms with Gasteiger partial charge in [-0.1, -0.05) is 6.92 Å². The van der Waals surface area contributed by atoms with Crippen molar-refractivity contribution in [1.29, 1.82) is 0 Å². The Labute approximate surface area is 115 Å². The molecule has 19 heavy (non-hydrogen) atoms. The molecule has 0 aliphatic carbocycles. The first kappa shape index (κ1) is 14.1. The predicted octanol–water partition coefficient (Wildman–Crippen LogP) is 2.08. The van der Waals surface area contributed by atoms with Crippen LogP contribution in [0.4, 0.5) is 11.6 Å². The van der Waals surface area contributed by atoms with Crippen molar-refractivity contribution in [1.82, 2.24) is 9.97 Å². The number of hydrogen-bond acceptors (Lipinski definition) is 5. The molecule has 0 bridgehead atoms. The van der Waals surface area contributed by atoms with Gasteiger partial charge in [-0.05, 0) is 27.2 Å². The summed E-state index contributed by atoms with van der Waals surface area (Å²) in [7, 11) is 0. The van der Waals surface area contributed by atoms with Gasteiger partial charge < -0.3 is 15.0 Å². The van der Waals surface area contributed by atoms with Crippen LogP contribution in [0.5, 0.6) is 0 Å². The molecule has 2 rings (SSSR count). The lowest BCUT2D eigenvalue weighted by Gasteiger charge is -2.37. The van der Waals surface area contributed by atoms with Crippen LogP contribution in [0, 0.1) is 0 Å². The van der Waals surface area contributed by atoms with Crippen LogP contribution in [0.1, 0.15) is 33.3 Å². The van der Waals surface area contributed by atoms with Crippen molar-refractivity contribution in [3.8, 4) is 0 Å². The van der Waals surface area contributed by atoms with E-state index in [2.05, 4.69) is 47.9 Å². The maximum atomic E-state index is 5.79. The van der Waals surface area contributed by atoms with E-state index in [1.807, 2.05) is 0 Å². The molecule has 0 saturated carbocycles. The normalized spacial score (nSPS) is 23.5. The fourth-order valence-electron chi connectivity index (χ4n) is 2.67. The number of anilines is 2. The average Bonchev–Trinajstić information content (AvgIpc) is 2.37. The molecule has 0 radical (unpaired) electrons. The van der Waals surface area contributed by atoms with Gasteiger partial charge in [0, 0.05) is 25.2 Å². The average molecular weight is 264 g/mol. The van der Waals surface area contributed by atoms with Crippen LogP contribution >= 0.6 is 0 Å². The van der Waals surface area contributed by atoms with Crippen molar-refractivity contribution in [2.24, 2.45) is 0 Å². The lowest BCUT2D eigenvalue weighted by molar-refractivity contribution is -0.00550. The minimum Gasteiger partial charge on any atom is -0.372 e. The molecule has 1 aromatic rings. The van der Waals surface area contributed by atoms with Crippen molar-refractivity contribution in [3.63, 3.8) is 0 Å². The Balaban J connectivity index is 2.30. The highest BCUT2D eigenvalue weighted by molar-refractivity contribution is 5.59. The number of morpholine rings is 1. The lowest BCUT2D eigenvalue weighted by Crippen LogP contribution is -2.46. The summed E-state index contributed by atoms with van der Waals surface area (Å²) in [6.45, 7) is 11.1. The Hall–Kier alpha value is -1.36. The third kappa shape index (κ3) is 3.15. The summed E-state index contributed by atoms with van der Waals surface area (Å²) >= 11 is 0. The molecule has 1 aliphatic rings. The highest BCUT2D eigenvalue weighted by atomic mass is 16.5. The van der Waals surface area contributed by atoms with Crippen molar-refractivity contribution >= 4 is 11.6 Å². The second-order valence-electron chi connectivity index (χ2n) is 5.07. The minimum absolute atomic E-state index is 0.242. The summed E-state index contributed by atoms with van der Waals surface area (Å²) in [5.74, 6) is 2.01. The number of aromatic nitrogens is 2. The molecule has 0 amide bonds. The molecule has 1 N–H and O–H groups in total. The van der Waals surface area contributed by atoms with Crippen LogP contribution in [0.3, 0.4) is 0 Å². The fourth-order valence-corrected chi connectivity index (χ4v) is 2.67. The zero-order chi connectivity index (χ0) is 13.8. The Bertz CT molecular complexity index is 414. The molecular weight excluding hydrogens is 240 g/mol. The fraction of sp³-hybridized carbons (Fsp3) is 0.714. The predicted molar refractivity (Wildman–Crippen MR) is 77.8 cm³/mol. The van der Waals surface area contributed by atoms with Gasteiger partial charge >= 0.3 is 0 Å². The van der Waals surface area contributed by atoms with Crippen molar-refractivity contribution < 1.29 is 4.74 Å². The van der Waals surface area contributed by atoms with Crippen LogP contribution in [0.2, 0.25) is 0 Å². The maximum absolute atomic E-state index is 5.79. The first-order valence-electron chi connectivity index (χ1n) is 7.13. The quantitative estimate of drug-likeness (QED) is 0.902. The van der Waals surface area contributed by atoms with Gasteiger partial charge in [0.2, 0.25) is 0 Å². The molecule has 0 aromatic carbocycles. The lowest BCUT2D eigenvalue weighted by atomic mass is 10.1. The van der Waals surface area contributed by atoms with Crippen LogP contribution < -0.4 is 10.2 Å². The van der Waals surface area contributed by atoms with E-state index >= 15 is 0 Å². The molecule has 1 saturated heterocycles. The number of ether oxygens (including phenoxy) is 1. The number of nitrogens with zero attached hydrogens (tertiary/aromatic N) is 3. The van der Waals surface area contributed by atoms with Gasteiger partial charge in [-0.3, -0.25) is 0 Å². The zero-order valence-corrected chi connectivity index (χ0v) is 12.3. The molecule has 1 aromatic heterocycles. The molecule has 2 atom stereocenters. The van der Waals surface area contributed by atoms with E-state index in [0.29, 0.717) is 0 Å². The number of hydrogen-bond donors (Lipinski definition) is 1.